The number of unbranched alkanes of at least 4 members (excludes halogenated alkanes) is 18. The molecule has 2 atom stereocenters. The van der Waals surface area contributed by atoms with Gasteiger partial charge >= 0.3 is 19.8 Å². The number of phosphoric acid groups is 1. The SMILES string of the molecule is CCCCC/C=C/CCCCCCCC(=O)O[C@H](COC(=O)CCCCCCCCCCCCC)COP(=O)(O)OCCN. The van der Waals surface area contributed by atoms with Gasteiger partial charge in [-0.05, 0) is 38.5 Å². The van der Waals surface area contributed by atoms with Gasteiger partial charge in [0, 0.05) is 19.4 Å². The molecular weight excluding hydrogens is 581 g/mol. The molecule has 44 heavy (non-hydrogen) atoms. The van der Waals surface area contributed by atoms with Crippen molar-refractivity contribution in [1.29, 1.82) is 0 Å². The third kappa shape index (κ3) is 30.8. The number of phosphoric ester groups is 1. The van der Waals surface area contributed by atoms with E-state index < -0.39 is 26.5 Å². The Balaban J connectivity index is 4.27. The lowest BCUT2D eigenvalue weighted by Gasteiger charge is -2.19. The Morgan fingerprint density at radius 1 is 0.659 bits per heavy atom. The van der Waals surface area contributed by atoms with Gasteiger partial charge in [-0.15, -0.1) is 0 Å². The fraction of sp³-hybridized carbons (Fsp3) is 0.882. The third-order valence-corrected chi connectivity index (χ3v) is 8.39. The van der Waals surface area contributed by atoms with Crippen LogP contribution >= 0.6 is 7.82 Å². The second kappa shape index (κ2) is 31.7. The molecule has 260 valence electrons. The summed E-state index contributed by atoms with van der Waals surface area (Å²) >= 11 is 0. The maximum atomic E-state index is 12.5. The summed E-state index contributed by atoms with van der Waals surface area (Å²) in [7, 11) is -4.36. The number of hydrogen-bond donors (Lipinski definition) is 2. The Kier molecular flexibility index (Phi) is 30.8. The van der Waals surface area contributed by atoms with Crippen molar-refractivity contribution in [3.63, 3.8) is 0 Å². The molecule has 0 aliphatic heterocycles. The van der Waals surface area contributed by atoms with E-state index >= 15 is 0 Å². The number of allylic oxidation sites excluding steroid dienone is 2. The summed E-state index contributed by atoms with van der Waals surface area (Å²) in [6.45, 7) is 3.67. The van der Waals surface area contributed by atoms with Crippen LogP contribution < -0.4 is 5.73 Å². The molecule has 9 nitrogen and oxygen atoms in total. The van der Waals surface area contributed by atoms with Crippen molar-refractivity contribution in [3.05, 3.63) is 12.2 Å². The van der Waals surface area contributed by atoms with E-state index in [4.69, 9.17) is 24.3 Å². The van der Waals surface area contributed by atoms with E-state index in [9.17, 15) is 19.0 Å². The first-order chi connectivity index (χ1) is 21.3. The van der Waals surface area contributed by atoms with Gasteiger partial charge in [-0.2, -0.15) is 0 Å². The van der Waals surface area contributed by atoms with Gasteiger partial charge in [0.05, 0.1) is 13.2 Å². The number of hydrogen-bond acceptors (Lipinski definition) is 8. The van der Waals surface area contributed by atoms with E-state index in [0.29, 0.717) is 6.42 Å². The zero-order valence-electron chi connectivity index (χ0n) is 28.2. The molecule has 0 amide bonds. The normalized spacial score (nSPS) is 13.6. The second-order valence-electron chi connectivity index (χ2n) is 11.7. The molecule has 10 heteroatoms. The molecule has 0 aromatic carbocycles. The highest BCUT2D eigenvalue weighted by atomic mass is 31.2. The summed E-state index contributed by atoms with van der Waals surface area (Å²) < 4.78 is 32.5. The van der Waals surface area contributed by atoms with Crippen LogP contribution in [0.15, 0.2) is 12.2 Å². The van der Waals surface area contributed by atoms with E-state index in [0.717, 1.165) is 57.8 Å². The van der Waals surface area contributed by atoms with Crippen molar-refractivity contribution in [3.8, 4) is 0 Å². The van der Waals surface area contributed by atoms with Gasteiger partial charge in [0.25, 0.3) is 0 Å². The van der Waals surface area contributed by atoms with Gasteiger partial charge < -0.3 is 20.1 Å². The first kappa shape index (κ1) is 42.8. The smallest absolute Gasteiger partial charge is 0.462 e. The van der Waals surface area contributed by atoms with Gasteiger partial charge in [0.2, 0.25) is 0 Å². The molecule has 0 bridgehead atoms. The van der Waals surface area contributed by atoms with Crippen LogP contribution in [0, 0.1) is 0 Å². The van der Waals surface area contributed by atoms with Crippen LogP contribution in [0.5, 0.6) is 0 Å². The Morgan fingerprint density at radius 2 is 1.11 bits per heavy atom. The molecule has 0 aliphatic rings. The van der Waals surface area contributed by atoms with Crippen LogP contribution in [0.4, 0.5) is 0 Å². The Morgan fingerprint density at radius 3 is 1.66 bits per heavy atom. The van der Waals surface area contributed by atoms with Crippen molar-refractivity contribution in [2.24, 2.45) is 5.73 Å². The van der Waals surface area contributed by atoms with E-state index in [-0.39, 0.29) is 38.6 Å². The quantitative estimate of drug-likeness (QED) is 0.0309. The Bertz CT molecular complexity index is 749. The average molecular weight is 648 g/mol. The summed E-state index contributed by atoms with van der Waals surface area (Å²) in [6, 6.07) is 0. The predicted octanol–water partition coefficient (Wildman–Crippen LogP) is 9.10. The molecular formula is C34H66NO8P. The van der Waals surface area contributed by atoms with Crippen LogP contribution in [0.1, 0.15) is 162 Å². The summed E-state index contributed by atoms with van der Waals surface area (Å²) in [5, 5.41) is 0. The van der Waals surface area contributed by atoms with Crippen LogP contribution in [0.2, 0.25) is 0 Å². The predicted molar refractivity (Wildman–Crippen MR) is 178 cm³/mol. The summed E-state index contributed by atoms with van der Waals surface area (Å²) in [5.74, 6) is -0.838. The zero-order valence-corrected chi connectivity index (χ0v) is 29.0. The lowest BCUT2D eigenvalue weighted by atomic mass is 10.1. The van der Waals surface area contributed by atoms with E-state index in [1.807, 2.05) is 0 Å². The van der Waals surface area contributed by atoms with Crippen molar-refractivity contribution >= 4 is 19.8 Å². The van der Waals surface area contributed by atoms with Crippen molar-refractivity contribution in [2.75, 3.05) is 26.4 Å². The highest BCUT2D eigenvalue weighted by Crippen LogP contribution is 2.43. The van der Waals surface area contributed by atoms with Crippen molar-refractivity contribution in [2.45, 2.75) is 168 Å². The van der Waals surface area contributed by atoms with Gasteiger partial charge in [0.15, 0.2) is 6.10 Å². The van der Waals surface area contributed by atoms with Gasteiger partial charge in [-0.25, -0.2) is 4.57 Å². The largest absolute Gasteiger partial charge is 0.472 e. The summed E-state index contributed by atoms with van der Waals surface area (Å²) in [5.41, 5.74) is 5.31. The zero-order chi connectivity index (χ0) is 32.6. The van der Waals surface area contributed by atoms with Gasteiger partial charge in [-0.1, -0.05) is 122 Å². The molecule has 0 spiro atoms. The first-order valence-corrected chi connectivity index (χ1v) is 19.2. The van der Waals surface area contributed by atoms with Crippen molar-refractivity contribution in [1.82, 2.24) is 0 Å². The van der Waals surface area contributed by atoms with Crippen molar-refractivity contribution < 1.29 is 37.6 Å². The summed E-state index contributed by atoms with van der Waals surface area (Å²) in [6.07, 6.45) is 28.1. The van der Waals surface area contributed by atoms with Crippen LogP contribution in [0.3, 0.4) is 0 Å². The van der Waals surface area contributed by atoms with Crippen LogP contribution in [-0.2, 0) is 32.7 Å². The number of nitrogens with two attached hydrogens (primary N) is 1. The third-order valence-electron chi connectivity index (χ3n) is 7.40. The number of carbonyl (C=O) groups is 2. The minimum Gasteiger partial charge on any atom is -0.462 e. The molecule has 0 aromatic rings. The molecule has 0 saturated heterocycles. The topological polar surface area (TPSA) is 134 Å². The molecule has 0 aromatic heterocycles. The average Bonchev–Trinajstić information content (AvgIpc) is 3.00. The molecule has 1 unspecified atom stereocenters. The molecule has 0 saturated carbocycles. The Labute approximate surface area is 269 Å². The van der Waals surface area contributed by atoms with E-state index in [1.54, 1.807) is 0 Å². The molecule has 0 aliphatic carbocycles. The fourth-order valence-corrected chi connectivity index (χ4v) is 5.51. The highest BCUT2D eigenvalue weighted by molar-refractivity contribution is 7.47. The molecule has 3 N–H and O–H groups in total. The lowest BCUT2D eigenvalue weighted by molar-refractivity contribution is -0.161. The van der Waals surface area contributed by atoms with Gasteiger partial charge in [0.1, 0.15) is 6.61 Å². The van der Waals surface area contributed by atoms with Crippen LogP contribution in [0.25, 0.3) is 0 Å². The van der Waals surface area contributed by atoms with E-state index in [1.165, 1.54) is 70.6 Å². The number of ether oxygens (including phenoxy) is 2. The standard InChI is InChI=1S/C34H66NO8P/c1-3-5-7-9-11-13-15-17-19-21-23-25-27-34(37)43-32(31-42-44(38,39)41-29-28-35)30-40-33(36)26-24-22-20-18-16-14-12-10-8-6-4-2/h11,13,32H,3-10,12,14-31,35H2,1-2H3,(H,38,39)/b13-11+/t32-/m1/s1. The molecule has 0 fully saturated rings. The molecule has 0 rings (SSSR count). The number of rotatable bonds is 33. The number of carbonyl (C=O) groups excluding carboxylic acids is 2. The van der Waals surface area contributed by atoms with E-state index in [2.05, 4.69) is 26.0 Å². The fourth-order valence-electron chi connectivity index (χ4n) is 4.74. The molecule has 0 heterocycles. The highest BCUT2D eigenvalue weighted by Gasteiger charge is 2.25. The second-order valence-corrected chi connectivity index (χ2v) is 13.2. The van der Waals surface area contributed by atoms with Crippen LogP contribution in [-0.4, -0.2) is 49.3 Å². The minimum absolute atomic E-state index is 0.0543. The minimum atomic E-state index is -4.36. The monoisotopic (exact) mass is 647 g/mol. The number of esters is 2. The lowest BCUT2D eigenvalue weighted by Crippen LogP contribution is -2.29. The summed E-state index contributed by atoms with van der Waals surface area (Å²) in [4.78, 5) is 34.5. The maximum Gasteiger partial charge on any atom is 0.472 e. The maximum absolute atomic E-state index is 12.5. The first-order valence-electron chi connectivity index (χ1n) is 17.7. The molecule has 0 radical (unpaired) electrons. The Hall–Kier alpha value is -1.25. The van der Waals surface area contributed by atoms with Gasteiger partial charge in [-0.3, -0.25) is 18.6 Å².